The monoisotopic (exact) mass is 320 g/mol. The van der Waals surface area contributed by atoms with Gasteiger partial charge in [-0.05, 0) is 45.3 Å². The largest absolute Gasteiger partial charge is 0.398 e. The van der Waals surface area contributed by atoms with Gasteiger partial charge in [-0.25, -0.2) is 8.42 Å². The van der Waals surface area contributed by atoms with E-state index >= 15 is 0 Å². The number of nitrogen functional groups attached to an aromatic ring is 1. The lowest BCUT2D eigenvalue weighted by molar-refractivity contribution is 0.408. The fourth-order valence-corrected chi connectivity index (χ4v) is 3.43. The Kier molecular flexibility index (Phi) is 4.97. The zero-order valence-corrected chi connectivity index (χ0v) is 12.4. The first kappa shape index (κ1) is 14.5. The molecule has 17 heavy (non-hydrogen) atoms. The minimum Gasteiger partial charge on any atom is -0.398 e. The van der Waals surface area contributed by atoms with E-state index in [0.29, 0.717) is 12.1 Å². The van der Waals surface area contributed by atoms with Crippen LogP contribution in [0.2, 0.25) is 0 Å². The summed E-state index contributed by atoms with van der Waals surface area (Å²) in [5, 5.41) is 0. The molecule has 0 saturated heterocycles. The number of anilines is 1. The minimum absolute atomic E-state index is 0.117. The second-order valence-electron chi connectivity index (χ2n) is 4.16. The summed E-state index contributed by atoms with van der Waals surface area (Å²) < 4.78 is 24.9. The van der Waals surface area contributed by atoms with E-state index in [0.717, 1.165) is 11.0 Å². The average Bonchev–Trinajstić information content (AvgIpc) is 2.20. The van der Waals surface area contributed by atoms with Crippen LogP contribution in [0.4, 0.5) is 5.69 Å². The highest BCUT2D eigenvalue weighted by molar-refractivity contribution is 9.10. The van der Waals surface area contributed by atoms with E-state index in [1.807, 2.05) is 19.0 Å². The Balaban J connectivity index is 2.86. The fourth-order valence-electron chi connectivity index (χ4n) is 1.46. The van der Waals surface area contributed by atoms with Crippen molar-refractivity contribution in [2.45, 2.75) is 11.3 Å². The quantitative estimate of drug-likeness (QED) is 0.840. The molecule has 0 atom stereocenters. The average molecular weight is 321 g/mol. The van der Waals surface area contributed by atoms with Gasteiger partial charge < -0.3 is 10.6 Å². The molecule has 0 heterocycles. The number of hydrogen-bond acceptors (Lipinski definition) is 4. The lowest BCUT2D eigenvalue weighted by Crippen LogP contribution is -2.18. The second kappa shape index (κ2) is 5.84. The fraction of sp³-hybridized carbons (Fsp3) is 0.455. The topological polar surface area (TPSA) is 63.4 Å². The molecule has 0 radical (unpaired) electrons. The molecule has 2 N–H and O–H groups in total. The van der Waals surface area contributed by atoms with Crippen LogP contribution in [0.25, 0.3) is 0 Å². The number of nitrogens with zero attached hydrogens (tertiary/aromatic N) is 1. The Hall–Kier alpha value is -0.590. The van der Waals surface area contributed by atoms with Gasteiger partial charge in [0.2, 0.25) is 0 Å². The molecule has 0 aliphatic rings. The van der Waals surface area contributed by atoms with Gasteiger partial charge in [0.1, 0.15) is 0 Å². The lowest BCUT2D eigenvalue weighted by atomic mass is 10.3. The standard InChI is InChI=1S/C11H17BrN2O2S/c1-14(2)6-3-7-17(15,16)11-8-9(12)4-5-10(11)13/h4-5,8H,3,6-7,13H2,1-2H3. The molecular formula is C11H17BrN2O2S. The first-order valence-corrected chi connectivity index (χ1v) is 7.70. The van der Waals surface area contributed by atoms with Crippen LogP contribution in [0.3, 0.4) is 0 Å². The maximum atomic E-state index is 12.1. The van der Waals surface area contributed by atoms with Crippen molar-refractivity contribution in [2.24, 2.45) is 0 Å². The van der Waals surface area contributed by atoms with Gasteiger partial charge in [0, 0.05) is 4.47 Å². The summed E-state index contributed by atoms with van der Waals surface area (Å²) in [5.41, 5.74) is 6.00. The van der Waals surface area contributed by atoms with Gasteiger partial charge in [-0.1, -0.05) is 15.9 Å². The second-order valence-corrected chi connectivity index (χ2v) is 7.15. The maximum Gasteiger partial charge on any atom is 0.180 e. The molecule has 0 aliphatic heterocycles. The van der Waals surface area contributed by atoms with Crippen LogP contribution >= 0.6 is 15.9 Å². The van der Waals surface area contributed by atoms with E-state index in [4.69, 9.17) is 5.73 Å². The van der Waals surface area contributed by atoms with E-state index in [1.54, 1.807) is 18.2 Å². The van der Waals surface area contributed by atoms with Gasteiger partial charge >= 0.3 is 0 Å². The zero-order valence-electron chi connectivity index (χ0n) is 9.98. The van der Waals surface area contributed by atoms with Crippen molar-refractivity contribution >= 4 is 31.5 Å². The van der Waals surface area contributed by atoms with E-state index in [-0.39, 0.29) is 10.6 Å². The lowest BCUT2D eigenvalue weighted by Gasteiger charge is -2.11. The van der Waals surface area contributed by atoms with Crippen LogP contribution in [0, 0.1) is 0 Å². The third kappa shape index (κ3) is 4.29. The predicted octanol–water partition coefficient (Wildman–Crippen LogP) is 1.76. The van der Waals surface area contributed by atoms with Gasteiger partial charge in [-0.2, -0.15) is 0 Å². The molecule has 1 aromatic rings. The highest BCUT2D eigenvalue weighted by atomic mass is 79.9. The Labute approximate surface area is 111 Å². The number of nitrogens with two attached hydrogens (primary N) is 1. The van der Waals surface area contributed by atoms with Crippen molar-refractivity contribution in [1.29, 1.82) is 0 Å². The summed E-state index contributed by atoms with van der Waals surface area (Å²) in [7, 11) is 0.543. The molecular weight excluding hydrogens is 304 g/mol. The van der Waals surface area contributed by atoms with Crippen molar-refractivity contribution in [3.05, 3.63) is 22.7 Å². The van der Waals surface area contributed by atoms with Crippen LogP contribution in [-0.2, 0) is 9.84 Å². The van der Waals surface area contributed by atoms with Crippen LogP contribution in [-0.4, -0.2) is 39.7 Å². The number of halogens is 1. The molecule has 96 valence electrons. The van der Waals surface area contributed by atoms with E-state index in [2.05, 4.69) is 15.9 Å². The maximum absolute atomic E-state index is 12.1. The van der Waals surface area contributed by atoms with Gasteiger partial charge in [0.15, 0.2) is 9.84 Å². The normalized spacial score (nSPS) is 12.0. The van der Waals surface area contributed by atoms with Crippen LogP contribution in [0.15, 0.2) is 27.6 Å². The number of sulfone groups is 1. The molecule has 6 heteroatoms. The zero-order chi connectivity index (χ0) is 13.1. The Morgan fingerprint density at radius 1 is 1.35 bits per heavy atom. The van der Waals surface area contributed by atoms with Crippen LogP contribution in [0.1, 0.15) is 6.42 Å². The molecule has 4 nitrogen and oxygen atoms in total. The Bertz CT molecular complexity index is 486. The van der Waals surface area contributed by atoms with Gasteiger partial charge in [0.25, 0.3) is 0 Å². The smallest absolute Gasteiger partial charge is 0.180 e. The van der Waals surface area contributed by atoms with Crippen molar-refractivity contribution < 1.29 is 8.42 Å². The first-order valence-electron chi connectivity index (χ1n) is 5.25. The molecule has 0 bridgehead atoms. The van der Waals surface area contributed by atoms with Crippen molar-refractivity contribution in [2.75, 3.05) is 32.1 Å². The summed E-state index contributed by atoms with van der Waals surface area (Å²) in [5.74, 6) is 0.117. The molecule has 0 aromatic heterocycles. The summed E-state index contributed by atoms with van der Waals surface area (Å²) in [6.45, 7) is 0.743. The number of rotatable bonds is 5. The highest BCUT2D eigenvalue weighted by Gasteiger charge is 2.17. The molecule has 1 rings (SSSR count). The van der Waals surface area contributed by atoms with Crippen molar-refractivity contribution in [3.63, 3.8) is 0 Å². The summed E-state index contributed by atoms with van der Waals surface area (Å²) in [6.07, 6.45) is 0.598. The Morgan fingerprint density at radius 2 is 2.00 bits per heavy atom. The van der Waals surface area contributed by atoms with E-state index in [1.165, 1.54) is 0 Å². The summed E-state index contributed by atoms with van der Waals surface area (Å²) >= 11 is 3.25. The third-order valence-corrected chi connectivity index (χ3v) is 4.67. The number of hydrogen-bond donors (Lipinski definition) is 1. The summed E-state index contributed by atoms with van der Waals surface area (Å²) in [6, 6.07) is 4.89. The first-order chi connectivity index (χ1) is 7.83. The van der Waals surface area contributed by atoms with Crippen LogP contribution in [0.5, 0.6) is 0 Å². The predicted molar refractivity (Wildman–Crippen MR) is 73.8 cm³/mol. The van der Waals surface area contributed by atoms with E-state index < -0.39 is 9.84 Å². The molecule has 0 unspecified atom stereocenters. The molecule has 0 aliphatic carbocycles. The van der Waals surface area contributed by atoms with Crippen molar-refractivity contribution in [3.8, 4) is 0 Å². The van der Waals surface area contributed by atoms with E-state index in [9.17, 15) is 8.42 Å². The van der Waals surface area contributed by atoms with Gasteiger partial charge in [-0.3, -0.25) is 0 Å². The van der Waals surface area contributed by atoms with Gasteiger partial charge in [-0.15, -0.1) is 0 Å². The molecule has 1 aromatic carbocycles. The SMILES string of the molecule is CN(C)CCCS(=O)(=O)c1cc(Br)ccc1N. The number of benzene rings is 1. The summed E-state index contributed by atoms with van der Waals surface area (Å²) in [4.78, 5) is 2.17. The molecule has 0 saturated carbocycles. The molecule has 0 spiro atoms. The molecule has 0 fully saturated rings. The Morgan fingerprint density at radius 3 is 2.59 bits per heavy atom. The highest BCUT2D eigenvalue weighted by Crippen LogP contribution is 2.24. The third-order valence-electron chi connectivity index (χ3n) is 2.33. The van der Waals surface area contributed by atoms with Crippen LogP contribution < -0.4 is 5.73 Å². The van der Waals surface area contributed by atoms with Crippen molar-refractivity contribution in [1.82, 2.24) is 4.90 Å². The molecule has 0 amide bonds. The minimum atomic E-state index is -3.29. The van der Waals surface area contributed by atoms with Gasteiger partial charge in [0.05, 0.1) is 16.3 Å².